The molecular weight excluding hydrogens is 186 g/mol. The third kappa shape index (κ3) is 4.01. The summed E-state index contributed by atoms with van der Waals surface area (Å²) in [6.07, 6.45) is 1.54. The van der Waals surface area contributed by atoms with Crippen LogP contribution in [0.4, 0.5) is 5.69 Å². The number of hydrogen-bond donors (Lipinski definition) is 1. The highest BCUT2D eigenvalue weighted by atomic mass is 15.1. The molecule has 0 atom stereocenters. The van der Waals surface area contributed by atoms with E-state index in [-0.39, 0.29) is 0 Å². The molecule has 2 N–H and O–H groups in total. The van der Waals surface area contributed by atoms with Crippen LogP contribution in [-0.4, -0.2) is 18.5 Å². The van der Waals surface area contributed by atoms with Crippen LogP contribution in [-0.2, 0) is 6.54 Å². The summed E-state index contributed by atoms with van der Waals surface area (Å²) in [6, 6.07) is 10.0. The maximum absolute atomic E-state index is 8.42. The molecule has 3 nitrogen and oxygen atoms in total. The molecule has 0 saturated heterocycles. The molecule has 0 unspecified atom stereocenters. The SMILES string of the molecule is CN(CCCC#N)Cc1ccccc1N. The Morgan fingerprint density at radius 1 is 1.40 bits per heavy atom. The summed E-state index contributed by atoms with van der Waals surface area (Å²) in [4.78, 5) is 2.18. The first-order chi connectivity index (χ1) is 7.24. The summed E-state index contributed by atoms with van der Waals surface area (Å²) < 4.78 is 0. The lowest BCUT2D eigenvalue weighted by Crippen LogP contribution is -2.19. The van der Waals surface area contributed by atoms with Crippen molar-refractivity contribution in [3.05, 3.63) is 29.8 Å². The molecule has 0 radical (unpaired) electrons. The van der Waals surface area contributed by atoms with Crippen molar-refractivity contribution in [2.24, 2.45) is 0 Å². The monoisotopic (exact) mass is 203 g/mol. The predicted molar refractivity (Wildman–Crippen MR) is 62.0 cm³/mol. The maximum atomic E-state index is 8.42. The van der Waals surface area contributed by atoms with E-state index in [4.69, 9.17) is 11.0 Å². The van der Waals surface area contributed by atoms with Crippen molar-refractivity contribution in [1.82, 2.24) is 4.90 Å². The van der Waals surface area contributed by atoms with E-state index in [1.54, 1.807) is 0 Å². The molecule has 1 aromatic rings. The Balaban J connectivity index is 2.41. The Bertz CT molecular complexity index is 341. The van der Waals surface area contributed by atoms with Gasteiger partial charge >= 0.3 is 0 Å². The molecule has 1 rings (SSSR count). The second-order valence-electron chi connectivity index (χ2n) is 3.70. The van der Waals surface area contributed by atoms with Gasteiger partial charge in [-0.1, -0.05) is 18.2 Å². The molecule has 3 heteroatoms. The number of anilines is 1. The van der Waals surface area contributed by atoms with Gasteiger partial charge in [-0.3, -0.25) is 0 Å². The summed E-state index contributed by atoms with van der Waals surface area (Å²) >= 11 is 0. The van der Waals surface area contributed by atoms with Crippen LogP contribution in [0.3, 0.4) is 0 Å². The third-order valence-electron chi connectivity index (χ3n) is 2.32. The number of rotatable bonds is 5. The molecule has 0 heterocycles. The number of nitrogen functional groups attached to an aromatic ring is 1. The Kier molecular flexibility index (Phi) is 4.65. The van der Waals surface area contributed by atoms with Crippen LogP contribution in [0.5, 0.6) is 0 Å². The van der Waals surface area contributed by atoms with Crippen molar-refractivity contribution >= 4 is 5.69 Å². The third-order valence-corrected chi connectivity index (χ3v) is 2.32. The van der Waals surface area contributed by atoms with Crippen LogP contribution in [0.2, 0.25) is 0 Å². The van der Waals surface area contributed by atoms with Gasteiger partial charge < -0.3 is 10.6 Å². The van der Waals surface area contributed by atoms with Gasteiger partial charge in [-0.25, -0.2) is 0 Å². The highest BCUT2D eigenvalue weighted by Gasteiger charge is 2.02. The average Bonchev–Trinajstić information content (AvgIpc) is 2.22. The van der Waals surface area contributed by atoms with Crippen molar-refractivity contribution in [3.63, 3.8) is 0 Å². The van der Waals surface area contributed by atoms with Crippen molar-refractivity contribution in [3.8, 4) is 6.07 Å². The molecule has 0 aliphatic carbocycles. The lowest BCUT2D eigenvalue weighted by Gasteiger charge is -2.16. The average molecular weight is 203 g/mol. The highest BCUT2D eigenvalue weighted by Crippen LogP contribution is 2.12. The van der Waals surface area contributed by atoms with E-state index in [0.717, 1.165) is 30.8 Å². The summed E-state index contributed by atoms with van der Waals surface area (Å²) in [5.74, 6) is 0. The molecule has 0 amide bonds. The summed E-state index contributed by atoms with van der Waals surface area (Å²) in [6.45, 7) is 1.78. The first-order valence-corrected chi connectivity index (χ1v) is 5.13. The van der Waals surface area contributed by atoms with Crippen molar-refractivity contribution in [2.45, 2.75) is 19.4 Å². The van der Waals surface area contributed by atoms with E-state index in [2.05, 4.69) is 11.0 Å². The van der Waals surface area contributed by atoms with E-state index in [0.29, 0.717) is 6.42 Å². The smallest absolute Gasteiger partial charge is 0.0622 e. The number of benzene rings is 1. The van der Waals surface area contributed by atoms with Crippen molar-refractivity contribution in [1.29, 1.82) is 5.26 Å². The number of unbranched alkanes of at least 4 members (excludes halogenated alkanes) is 1. The first-order valence-electron chi connectivity index (χ1n) is 5.13. The lowest BCUT2D eigenvalue weighted by atomic mass is 10.1. The van der Waals surface area contributed by atoms with Gasteiger partial charge in [0.25, 0.3) is 0 Å². The van der Waals surface area contributed by atoms with Gasteiger partial charge in [0, 0.05) is 18.7 Å². The van der Waals surface area contributed by atoms with Crippen LogP contribution >= 0.6 is 0 Å². The van der Waals surface area contributed by atoms with Gasteiger partial charge in [0.05, 0.1) is 6.07 Å². The zero-order chi connectivity index (χ0) is 11.1. The largest absolute Gasteiger partial charge is 0.398 e. The molecule has 15 heavy (non-hydrogen) atoms. The molecule has 0 aliphatic heterocycles. The highest BCUT2D eigenvalue weighted by molar-refractivity contribution is 5.46. The fraction of sp³-hybridized carbons (Fsp3) is 0.417. The summed E-state index contributed by atoms with van der Waals surface area (Å²) in [5.41, 5.74) is 7.83. The maximum Gasteiger partial charge on any atom is 0.0622 e. The van der Waals surface area contributed by atoms with Crippen molar-refractivity contribution in [2.75, 3.05) is 19.3 Å². The van der Waals surface area contributed by atoms with Crippen LogP contribution in [0.25, 0.3) is 0 Å². The van der Waals surface area contributed by atoms with E-state index in [1.807, 2.05) is 31.3 Å². The Hall–Kier alpha value is -1.53. The summed E-state index contributed by atoms with van der Waals surface area (Å²) in [5, 5.41) is 8.42. The van der Waals surface area contributed by atoms with Gasteiger partial charge in [-0.05, 0) is 31.6 Å². The number of hydrogen-bond acceptors (Lipinski definition) is 3. The van der Waals surface area contributed by atoms with E-state index >= 15 is 0 Å². The molecule has 0 saturated carbocycles. The van der Waals surface area contributed by atoms with Gasteiger partial charge in [0.2, 0.25) is 0 Å². The van der Waals surface area contributed by atoms with E-state index in [1.165, 1.54) is 0 Å². The molecule has 0 spiro atoms. The Morgan fingerprint density at radius 3 is 2.80 bits per heavy atom. The summed E-state index contributed by atoms with van der Waals surface area (Å²) in [7, 11) is 2.05. The molecule has 0 aliphatic rings. The quantitative estimate of drug-likeness (QED) is 0.588. The van der Waals surface area contributed by atoms with Crippen LogP contribution < -0.4 is 5.73 Å². The van der Waals surface area contributed by atoms with Crippen LogP contribution in [0, 0.1) is 11.3 Å². The van der Waals surface area contributed by atoms with E-state index in [9.17, 15) is 0 Å². The molecule has 0 aromatic heterocycles. The van der Waals surface area contributed by atoms with Crippen molar-refractivity contribution < 1.29 is 0 Å². The number of nitriles is 1. The fourth-order valence-electron chi connectivity index (χ4n) is 1.48. The minimum Gasteiger partial charge on any atom is -0.398 e. The minimum absolute atomic E-state index is 0.620. The number of para-hydroxylation sites is 1. The zero-order valence-corrected chi connectivity index (χ0v) is 9.11. The Morgan fingerprint density at radius 2 is 2.13 bits per heavy atom. The number of nitrogens with zero attached hydrogens (tertiary/aromatic N) is 2. The van der Waals surface area contributed by atoms with Crippen LogP contribution in [0.1, 0.15) is 18.4 Å². The molecule has 0 fully saturated rings. The second-order valence-corrected chi connectivity index (χ2v) is 3.70. The van der Waals surface area contributed by atoms with Gasteiger partial charge in [0.1, 0.15) is 0 Å². The van der Waals surface area contributed by atoms with Gasteiger partial charge in [-0.2, -0.15) is 5.26 Å². The Labute approximate surface area is 91.1 Å². The number of nitrogens with two attached hydrogens (primary N) is 1. The van der Waals surface area contributed by atoms with Crippen LogP contribution in [0.15, 0.2) is 24.3 Å². The van der Waals surface area contributed by atoms with E-state index < -0.39 is 0 Å². The molecule has 0 bridgehead atoms. The van der Waals surface area contributed by atoms with Gasteiger partial charge in [-0.15, -0.1) is 0 Å². The van der Waals surface area contributed by atoms with Gasteiger partial charge in [0.15, 0.2) is 0 Å². The minimum atomic E-state index is 0.620. The standard InChI is InChI=1S/C12H17N3/c1-15(9-5-4-8-13)10-11-6-2-3-7-12(11)14/h2-3,6-7H,4-5,9-10,14H2,1H3. The lowest BCUT2D eigenvalue weighted by molar-refractivity contribution is 0.324. The molecule has 80 valence electrons. The molecule has 1 aromatic carbocycles. The molecular formula is C12H17N3. The zero-order valence-electron chi connectivity index (χ0n) is 9.11. The first kappa shape index (κ1) is 11.5. The fourth-order valence-corrected chi connectivity index (χ4v) is 1.48. The topological polar surface area (TPSA) is 53.0 Å². The second kappa shape index (κ2) is 6.05. The normalized spacial score (nSPS) is 10.2. The predicted octanol–water partition coefficient (Wildman–Crippen LogP) is 2.00.